The number of rotatable bonds is 3. The van der Waals surface area contributed by atoms with Gasteiger partial charge in [0.15, 0.2) is 11.4 Å². The van der Waals surface area contributed by atoms with Gasteiger partial charge in [-0.25, -0.2) is 0 Å². The summed E-state index contributed by atoms with van der Waals surface area (Å²) in [6, 6.07) is 1.71. The van der Waals surface area contributed by atoms with Crippen LogP contribution in [0.15, 0.2) is 6.07 Å². The van der Waals surface area contributed by atoms with Crippen LogP contribution in [0.3, 0.4) is 0 Å². The highest BCUT2D eigenvalue weighted by molar-refractivity contribution is 6.29. The largest absolute Gasteiger partial charge is 0.446 e. The fourth-order valence-electron chi connectivity index (χ4n) is 1.73. The molecule has 2 rings (SSSR count). The minimum absolute atomic E-state index is 0.311. The second-order valence-corrected chi connectivity index (χ2v) is 4.20. The van der Waals surface area contributed by atoms with E-state index in [1.54, 1.807) is 6.07 Å². The van der Waals surface area contributed by atoms with Crippen LogP contribution in [-0.4, -0.2) is 47.8 Å². The van der Waals surface area contributed by atoms with Crippen molar-refractivity contribution in [2.24, 2.45) is 0 Å². The molecule has 94 valence electrons. The van der Waals surface area contributed by atoms with Crippen LogP contribution in [0.1, 0.15) is 6.92 Å². The Morgan fingerprint density at radius 3 is 2.82 bits per heavy atom. The van der Waals surface area contributed by atoms with Crippen molar-refractivity contribution in [3.05, 3.63) is 11.2 Å². The third-order valence-electron chi connectivity index (χ3n) is 2.45. The molecule has 1 atom stereocenters. The van der Waals surface area contributed by atoms with E-state index in [9.17, 15) is 5.11 Å². The third kappa shape index (κ3) is 3.18. The van der Waals surface area contributed by atoms with Gasteiger partial charge in [0.25, 0.3) is 5.88 Å². The van der Waals surface area contributed by atoms with Gasteiger partial charge in [0.2, 0.25) is 0 Å². The Hall–Kier alpha value is -1.11. The number of nitrogens with one attached hydrogen (secondary N) is 1. The number of aromatic nitrogens is 2. The van der Waals surface area contributed by atoms with Crippen LogP contribution in [0.25, 0.3) is 0 Å². The molecule has 1 aliphatic rings. The van der Waals surface area contributed by atoms with E-state index in [-0.39, 0.29) is 0 Å². The molecular formula is C10H15ClN4O2. The van der Waals surface area contributed by atoms with Crippen LogP contribution in [0.4, 0.5) is 5.69 Å². The minimum Gasteiger partial charge on any atom is -0.446 e. The maximum absolute atomic E-state index is 9.24. The summed E-state index contributed by atoms with van der Waals surface area (Å²) in [5.41, 5.74) is 0.771. The molecule has 1 aromatic heterocycles. The smallest absolute Gasteiger partial charge is 0.259 e. The highest BCUT2D eigenvalue weighted by Crippen LogP contribution is 2.28. The van der Waals surface area contributed by atoms with E-state index in [1.165, 1.54) is 6.92 Å². The van der Waals surface area contributed by atoms with Gasteiger partial charge in [-0.3, -0.25) is 0 Å². The molecule has 2 heterocycles. The van der Waals surface area contributed by atoms with E-state index in [2.05, 4.69) is 20.4 Å². The second-order valence-electron chi connectivity index (χ2n) is 3.81. The van der Waals surface area contributed by atoms with Crippen LogP contribution in [0.5, 0.6) is 5.88 Å². The van der Waals surface area contributed by atoms with Crippen molar-refractivity contribution >= 4 is 17.3 Å². The molecule has 0 spiro atoms. The summed E-state index contributed by atoms with van der Waals surface area (Å²) in [6.45, 7) is 5.01. The van der Waals surface area contributed by atoms with E-state index < -0.39 is 6.29 Å². The molecule has 1 aliphatic heterocycles. The van der Waals surface area contributed by atoms with E-state index in [4.69, 9.17) is 16.3 Å². The average molecular weight is 259 g/mol. The zero-order chi connectivity index (χ0) is 12.3. The number of piperazine rings is 1. The molecule has 1 saturated heterocycles. The van der Waals surface area contributed by atoms with Gasteiger partial charge in [-0.2, -0.15) is 0 Å². The molecule has 1 fully saturated rings. The standard InChI is InChI=1S/C10H15ClN4O2/c1-7(16)17-10-8(6-9(11)13-14-10)15-4-2-12-3-5-15/h6-7,12,16H,2-5H2,1H3. The molecule has 0 bridgehead atoms. The average Bonchev–Trinajstić information content (AvgIpc) is 2.32. The van der Waals surface area contributed by atoms with Crippen molar-refractivity contribution in [2.45, 2.75) is 13.2 Å². The number of aliphatic hydroxyl groups excluding tert-OH is 1. The van der Waals surface area contributed by atoms with Gasteiger partial charge < -0.3 is 20.1 Å². The first kappa shape index (κ1) is 12.3. The van der Waals surface area contributed by atoms with Crippen LogP contribution in [0.2, 0.25) is 5.15 Å². The summed E-state index contributed by atoms with van der Waals surface area (Å²) in [5, 5.41) is 20.4. The molecule has 0 aliphatic carbocycles. The van der Waals surface area contributed by atoms with Gasteiger partial charge in [-0.05, 0) is 6.92 Å². The van der Waals surface area contributed by atoms with Gasteiger partial charge in [-0.15, -0.1) is 10.2 Å². The molecule has 0 amide bonds. The molecule has 1 unspecified atom stereocenters. The first-order chi connectivity index (χ1) is 8.16. The number of aliphatic hydroxyl groups is 1. The second kappa shape index (κ2) is 5.48. The fraction of sp³-hybridized carbons (Fsp3) is 0.600. The normalized spacial score (nSPS) is 17.9. The van der Waals surface area contributed by atoms with Gasteiger partial charge in [0, 0.05) is 32.2 Å². The van der Waals surface area contributed by atoms with Crippen molar-refractivity contribution in [3.8, 4) is 5.88 Å². The molecule has 2 N–H and O–H groups in total. The Morgan fingerprint density at radius 2 is 2.18 bits per heavy atom. The zero-order valence-electron chi connectivity index (χ0n) is 9.56. The first-order valence-corrected chi connectivity index (χ1v) is 5.88. The van der Waals surface area contributed by atoms with Crippen molar-refractivity contribution in [1.82, 2.24) is 15.5 Å². The highest BCUT2D eigenvalue weighted by atomic mass is 35.5. The quantitative estimate of drug-likeness (QED) is 0.758. The van der Waals surface area contributed by atoms with Crippen molar-refractivity contribution in [2.75, 3.05) is 31.1 Å². The molecule has 0 aromatic carbocycles. The number of halogens is 1. The monoisotopic (exact) mass is 258 g/mol. The topological polar surface area (TPSA) is 70.5 Å². The molecule has 6 nitrogen and oxygen atoms in total. The SMILES string of the molecule is CC(O)Oc1nnc(Cl)cc1N1CCNCC1. The molecule has 0 saturated carbocycles. The van der Waals surface area contributed by atoms with Gasteiger partial charge >= 0.3 is 0 Å². The van der Waals surface area contributed by atoms with Crippen molar-refractivity contribution in [1.29, 1.82) is 0 Å². The summed E-state index contributed by atoms with van der Waals surface area (Å²) in [6.07, 6.45) is -0.924. The summed E-state index contributed by atoms with van der Waals surface area (Å²) in [4.78, 5) is 2.11. The first-order valence-electron chi connectivity index (χ1n) is 5.50. The van der Waals surface area contributed by atoms with Gasteiger partial charge in [0.1, 0.15) is 5.69 Å². The summed E-state index contributed by atoms with van der Waals surface area (Å²) in [5.74, 6) is 0.311. The Kier molecular flexibility index (Phi) is 3.98. The number of anilines is 1. The van der Waals surface area contributed by atoms with E-state index in [0.29, 0.717) is 11.0 Å². The van der Waals surface area contributed by atoms with E-state index in [1.807, 2.05) is 0 Å². The molecule has 17 heavy (non-hydrogen) atoms. The van der Waals surface area contributed by atoms with Crippen molar-refractivity contribution in [3.63, 3.8) is 0 Å². The Morgan fingerprint density at radius 1 is 1.47 bits per heavy atom. The van der Waals surface area contributed by atoms with Crippen LogP contribution < -0.4 is 15.0 Å². The lowest BCUT2D eigenvalue weighted by Gasteiger charge is -2.30. The lowest BCUT2D eigenvalue weighted by atomic mass is 10.3. The van der Waals surface area contributed by atoms with Crippen molar-refractivity contribution < 1.29 is 9.84 Å². The predicted octanol–water partition coefficient (Wildman–Crippen LogP) is 0.257. The summed E-state index contributed by atoms with van der Waals surface area (Å²) in [7, 11) is 0. The summed E-state index contributed by atoms with van der Waals surface area (Å²) >= 11 is 5.84. The lowest BCUT2D eigenvalue weighted by molar-refractivity contribution is -0.00402. The Balaban J connectivity index is 2.25. The number of ether oxygens (including phenoxy) is 1. The molecule has 0 radical (unpaired) electrons. The molecule has 7 heteroatoms. The molecular weight excluding hydrogens is 244 g/mol. The minimum atomic E-state index is -0.924. The number of hydrogen-bond donors (Lipinski definition) is 2. The predicted molar refractivity (Wildman–Crippen MR) is 64.4 cm³/mol. The highest BCUT2D eigenvalue weighted by Gasteiger charge is 2.18. The van der Waals surface area contributed by atoms with Crippen LogP contribution in [-0.2, 0) is 0 Å². The Labute approximate surface area is 105 Å². The van der Waals surface area contributed by atoms with Gasteiger partial charge in [-0.1, -0.05) is 11.6 Å². The third-order valence-corrected chi connectivity index (χ3v) is 2.64. The maximum atomic E-state index is 9.24. The maximum Gasteiger partial charge on any atom is 0.259 e. The summed E-state index contributed by atoms with van der Waals surface area (Å²) < 4.78 is 5.21. The fourth-order valence-corrected chi connectivity index (χ4v) is 1.87. The Bertz CT molecular complexity index is 383. The van der Waals surface area contributed by atoms with Gasteiger partial charge in [0.05, 0.1) is 0 Å². The number of nitrogens with zero attached hydrogens (tertiary/aromatic N) is 3. The van der Waals surface area contributed by atoms with E-state index >= 15 is 0 Å². The van der Waals surface area contributed by atoms with Crippen LogP contribution >= 0.6 is 11.6 Å². The van der Waals surface area contributed by atoms with E-state index in [0.717, 1.165) is 31.9 Å². The lowest BCUT2D eigenvalue weighted by Crippen LogP contribution is -2.43. The molecule has 1 aromatic rings. The van der Waals surface area contributed by atoms with Crippen LogP contribution in [0, 0.1) is 0 Å². The zero-order valence-corrected chi connectivity index (χ0v) is 10.3. The number of hydrogen-bond acceptors (Lipinski definition) is 6.